The first-order chi connectivity index (χ1) is 8.97. The minimum absolute atomic E-state index is 0.122. The minimum Gasteiger partial charge on any atom is -0.335 e. The third kappa shape index (κ3) is 2.94. The first kappa shape index (κ1) is 13.2. The zero-order chi connectivity index (χ0) is 14.0. The summed E-state index contributed by atoms with van der Waals surface area (Å²) in [4.78, 5) is 13.7. The lowest BCUT2D eigenvalue weighted by atomic mass is 10.3. The monoisotopic (exact) mass is 285 g/mol. The fourth-order valence-corrected chi connectivity index (χ4v) is 1.60. The molecule has 1 aromatic heterocycles. The highest BCUT2D eigenvalue weighted by Gasteiger charge is 2.13. The van der Waals surface area contributed by atoms with Gasteiger partial charge < -0.3 is 5.32 Å². The van der Waals surface area contributed by atoms with Crippen LogP contribution in [0.5, 0.6) is 0 Å². The first-order valence-corrected chi connectivity index (χ1v) is 5.38. The molecule has 2 rings (SSSR count). The van der Waals surface area contributed by atoms with Crippen molar-refractivity contribution in [3.8, 4) is 0 Å². The van der Waals surface area contributed by atoms with Crippen LogP contribution in [0.15, 0.2) is 30.3 Å². The quantitative estimate of drug-likeness (QED) is 0.531. The molecule has 0 spiro atoms. The van der Waals surface area contributed by atoms with E-state index in [9.17, 15) is 18.9 Å². The molecule has 0 atom stereocenters. The Morgan fingerprint density at radius 3 is 2.47 bits per heavy atom. The summed E-state index contributed by atoms with van der Waals surface area (Å²) in [5.74, 6) is -1.81. The number of hydrogen-bond donors (Lipinski definition) is 1. The molecule has 5 nitrogen and oxygen atoms in total. The van der Waals surface area contributed by atoms with Crippen LogP contribution in [0.4, 0.5) is 26.0 Å². The van der Waals surface area contributed by atoms with Gasteiger partial charge in [0.1, 0.15) is 28.3 Å². The Hall–Kier alpha value is -2.28. The zero-order valence-electron chi connectivity index (χ0n) is 9.23. The van der Waals surface area contributed by atoms with Gasteiger partial charge in [0.05, 0.1) is 17.1 Å². The number of anilines is 2. The first-order valence-electron chi connectivity index (χ1n) is 5.00. The van der Waals surface area contributed by atoms with E-state index < -0.39 is 22.2 Å². The second-order valence-corrected chi connectivity index (χ2v) is 3.90. The molecule has 8 heteroatoms. The van der Waals surface area contributed by atoms with E-state index in [0.29, 0.717) is 0 Å². The molecule has 0 amide bonds. The highest BCUT2D eigenvalue weighted by atomic mass is 35.5. The number of halogens is 3. The molecule has 1 heterocycles. The molecule has 98 valence electrons. The van der Waals surface area contributed by atoms with Crippen molar-refractivity contribution in [2.24, 2.45) is 0 Å². The Balaban J connectivity index is 2.41. The molecule has 2 aromatic rings. The maximum atomic E-state index is 13.4. The van der Waals surface area contributed by atoms with E-state index in [1.165, 1.54) is 6.07 Å². The Morgan fingerprint density at radius 1 is 1.26 bits per heavy atom. The summed E-state index contributed by atoms with van der Waals surface area (Å²) in [6.07, 6.45) is 0. The van der Waals surface area contributed by atoms with Crippen molar-refractivity contribution in [3.63, 3.8) is 0 Å². The van der Waals surface area contributed by atoms with Crippen LogP contribution in [-0.2, 0) is 0 Å². The van der Waals surface area contributed by atoms with Gasteiger partial charge in [-0.3, -0.25) is 10.1 Å². The van der Waals surface area contributed by atoms with Gasteiger partial charge in [-0.2, -0.15) is 0 Å². The van der Waals surface area contributed by atoms with Gasteiger partial charge in [0.25, 0.3) is 5.69 Å². The summed E-state index contributed by atoms with van der Waals surface area (Å²) < 4.78 is 26.8. The predicted octanol–water partition coefficient (Wildman–Crippen LogP) is 3.67. The average molecular weight is 286 g/mol. The van der Waals surface area contributed by atoms with Crippen LogP contribution in [0.1, 0.15) is 0 Å². The lowest BCUT2D eigenvalue weighted by Gasteiger charge is -2.07. The number of nitrogens with one attached hydrogen (secondary N) is 1. The molecule has 1 aromatic carbocycles. The van der Waals surface area contributed by atoms with Crippen molar-refractivity contribution in [1.82, 2.24) is 4.98 Å². The molecule has 0 bridgehead atoms. The fraction of sp³-hybridized carbons (Fsp3) is 0. The lowest BCUT2D eigenvalue weighted by Crippen LogP contribution is -2.00. The zero-order valence-corrected chi connectivity index (χ0v) is 9.99. The third-order valence-electron chi connectivity index (χ3n) is 2.21. The molecule has 0 saturated carbocycles. The van der Waals surface area contributed by atoms with Crippen molar-refractivity contribution in [2.75, 3.05) is 5.32 Å². The van der Waals surface area contributed by atoms with Crippen molar-refractivity contribution in [3.05, 3.63) is 57.2 Å². The van der Waals surface area contributed by atoms with E-state index in [4.69, 9.17) is 11.6 Å². The van der Waals surface area contributed by atoms with Crippen LogP contribution in [0.25, 0.3) is 0 Å². The number of para-hydroxylation sites is 1. The summed E-state index contributed by atoms with van der Waals surface area (Å²) in [5.41, 5.74) is -0.786. The van der Waals surface area contributed by atoms with Crippen molar-refractivity contribution < 1.29 is 13.7 Å². The number of hydrogen-bond acceptors (Lipinski definition) is 4. The van der Waals surface area contributed by atoms with Crippen LogP contribution in [-0.4, -0.2) is 9.91 Å². The number of pyridine rings is 1. The number of aromatic nitrogens is 1. The smallest absolute Gasteiger partial charge is 0.276 e. The van der Waals surface area contributed by atoms with Crippen LogP contribution in [0.2, 0.25) is 5.15 Å². The normalized spacial score (nSPS) is 10.3. The predicted molar refractivity (Wildman–Crippen MR) is 65.5 cm³/mol. The summed E-state index contributed by atoms with van der Waals surface area (Å²) in [5, 5.41) is 12.8. The summed E-state index contributed by atoms with van der Waals surface area (Å²) >= 11 is 5.60. The standard InChI is InChI=1S/C11H6ClF2N3O2/c12-9-4-6(17(18)19)5-10(15-9)16-11-7(13)2-1-3-8(11)14/h1-5H,(H,15,16). The van der Waals surface area contributed by atoms with Gasteiger partial charge in [-0.25, -0.2) is 13.8 Å². The molecular weight excluding hydrogens is 280 g/mol. The molecule has 0 aliphatic carbocycles. The summed E-state index contributed by atoms with van der Waals surface area (Å²) in [7, 11) is 0. The van der Waals surface area contributed by atoms with Gasteiger partial charge >= 0.3 is 0 Å². The SMILES string of the molecule is O=[N+]([O-])c1cc(Cl)nc(Nc2c(F)cccc2F)c1. The van der Waals surface area contributed by atoms with Gasteiger partial charge in [0.15, 0.2) is 0 Å². The van der Waals surface area contributed by atoms with Gasteiger partial charge in [-0.05, 0) is 12.1 Å². The Morgan fingerprint density at radius 2 is 1.89 bits per heavy atom. The number of benzene rings is 1. The van der Waals surface area contributed by atoms with Crippen molar-refractivity contribution in [1.29, 1.82) is 0 Å². The summed E-state index contributed by atoms with van der Waals surface area (Å²) in [6.45, 7) is 0. The van der Waals surface area contributed by atoms with E-state index in [-0.39, 0.29) is 16.7 Å². The van der Waals surface area contributed by atoms with Gasteiger partial charge in [0, 0.05) is 0 Å². The van der Waals surface area contributed by atoms with Crippen LogP contribution < -0.4 is 5.32 Å². The topological polar surface area (TPSA) is 68.1 Å². The molecular formula is C11H6ClF2N3O2. The summed E-state index contributed by atoms with van der Waals surface area (Å²) in [6, 6.07) is 5.35. The molecule has 0 unspecified atom stereocenters. The molecule has 19 heavy (non-hydrogen) atoms. The van der Waals surface area contributed by atoms with Crippen LogP contribution in [0.3, 0.4) is 0 Å². The van der Waals surface area contributed by atoms with E-state index in [0.717, 1.165) is 24.3 Å². The van der Waals surface area contributed by atoms with Crippen molar-refractivity contribution >= 4 is 28.8 Å². The molecule has 0 radical (unpaired) electrons. The van der Waals surface area contributed by atoms with Crippen LogP contribution >= 0.6 is 11.6 Å². The maximum absolute atomic E-state index is 13.4. The lowest BCUT2D eigenvalue weighted by molar-refractivity contribution is -0.384. The Labute approximate surface area is 111 Å². The van der Waals surface area contributed by atoms with Gasteiger partial charge in [-0.15, -0.1) is 0 Å². The highest BCUT2D eigenvalue weighted by molar-refractivity contribution is 6.29. The van der Waals surface area contributed by atoms with Gasteiger partial charge in [-0.1, -0.05) is 17.7 Å². The second-order valence-electron chi connectivity index (χ2n) is 3.51. The fourth-order valence-electron chi connectivity index (χ4n) is 1.40. The van der Waals surface area contributed by atoms with Crippen molar-refractivity contribution in [2.45, 2.75) is 0 Å². The third-order valence-corrected chi connectivity index (χ3v) is 2.40. The van der Waals surface area contributed by atoms with Crippen LogP contribution in [0, 0.1) is 21.7 Å². The number of nitrogens with zero attached hydrogens (tertiary/aromatic N) is 2. The number of nitro groups is 1. The van der Waals surface area contributed by atoms with Gasteiger partial charge in [0.2, 0.25) is 0 Å². The van der Waals surface area contributed by atoms with E-state index >= 15 is 0 Å². The number of rotatable bonds is 3. The van der Waals surface area contributed by atoms with E-state index in [1.807, 2.05) is 0 Å². The second kappa shape index (κ2) is 5.15. The highest BCUT2D eigenvalue weighted by Crippen LogP contribution is 2.26. The molecule has 0 fully saturated rings. The van der Waals surface area contributed by atoms with E-state index in [1.54, 1.807) is 0 Å². The largest absolute Gasteiger partial charge is 0.335 e. The molecule has 0 aliphatic rings. The molecule has 1 N–H and O–H groups in total. The molecule has 0 aliphatic heterocycles. The Kier molecular flexibility index (Phi) is 3.57. The maximum Gasteiger partial charge on any atom is 0.276 e. The molecule has 0 saturated heterocycles. The minimum atomic E-state index is -0.843. The average Bonchev–Trinajstić information content (AvgIpc) is 2.33. The Bertz CT molecular complexity index is 632. The van der Waals surface area contributed by atoms with E-state index in [2.05, 4.69) is 10.3 Å².